The van der Waals surface area contributed by atoms with E-state index >= 15 is 0 Å². The third kappa shape index (κ3) is 2.03. The van der Waals surface area contributed by atoms with Gasteiger partial charge in [-0.2, -0.15) is 0 Å². The van der Waals surface area contributed by atoms with Crippen LogP contribution in [0.1, 0.15) is 17.4 Å². The molecule has 0 fully saturated rings. The van der Waals surface area contributed by atoms with Gasteiger partial charge in [0.15, 0.2) is 17.4 Å². The fraction of sp³-hybridized carbons (Fsp3) is 0.100. The van der Waals surface area contributed by atoms with Gasteiger partial charge in [-0.1, -0.05) is 16.8 Å². The highest BCUT2D eigenvalue weighted by Crippen LogP contribution is 2.23. The van der Waals surface area contributed by atoms with E-state index in [1.807, 2.05) is 0 Å². The van der Waals surface area contributed by atoms with E-state index < -0.39 is 17.3 Å². The van der Waals surface area contributed by atoms with Crippen LogP contribution >= 0.6 is 11.6 Å². The molecule has 0 radical (unpaired) electrons. The number of nitrogens with zero attached hydrogens (tertiary/aromatic N) is 3. The second-order valence-electron chi connectivity index (χ2n) is 3.30. The average molecular weight is 258 g/mol. The molecule has 0 atom stereocenters. The van der Waals surface area contributed by atoms with Crippen LogP contribution in [-0.4, -0.2) is 20.8 Å². The summed E-state index contributed by atoms with van der Waals surface area (Å²) in [5, 5.41) is 6.73. The molecule has 0 saturated heterocycles. The summed E-state index contributed by atoms with van der Waals surface area (Å²) in [4.78, 5) is 11.0. The van der Waals surface area contributed by atoms with Gasteiger partial charge in [-0.05, 0) is 12.1 Å². The minimum Gasteiger partial charge on any atom is -0.293 e. The Bertz CT molecular complexity index is 597. The van der Waals surface area contributed by atoms with Crippen LogP contribution in [0.25, 0.3) is 5.69 Å². The molecule has 0 aliphatic rings. The molecule has 2 aromatic rings. The highest BCUT2D eigenvalue weighted by atomic mass is 35.5. The van der Waals surface area contributed by atoms with E-state index in [4.69, 9.17) is 11.6 Å². The second-order valence-corrected chi connectivity index (χ2v) is 3.70. The Morgan fingerprint density at radius 1 is 1.41 bits per heavy atom. The van der Waals surface area contributed by atoms with Gasteiger partial charge in [-0.25, -0.2) is 13.5 Å². The van der Waals surface area contributed by atoms with Crippen LogP contribution in [0.4, 0.5) is 8.78 Å². The van der Waals surface area contributed by atoms with Crippen LogP contribution in [0.5, 0.6) is 0 Å². The maximum atomic E-state index is 13.6. The number of benzene rings is 1. The fourth-order valence-corrected chi connectivity index (χ4v) is 1.41. The average Bonchev–Trinajstić information content (AvgIpc) is 2.73. The number of hydrogen-bond acceptors (Lipinski definition) is 3. The number of rotatable bonds is 2. The molecule has 0 bridgehead atoms. The molecule has 0 amide bonds. The van der Waals surface area contributed by atoms with Gasteiger partial charge in [0.25, 0.3) is 0 Å². The van der Waals surface area contributed by atoms with Gasteiger partial charge in [-0.3, -0.25) is 4.79 Å². The van der Waals surface area contributed by atoms with Gasteiger partial charge >= 0.3 is 0 Å². The summed E-state index contributed by atoms with van der Waals surface area (Å²) in [6, 6.07) is 2.11. The molecule has 1 aromatic carbocycles. The lowest BCUT2D eigenvalue weighted by atomic mass is 10.3. The van der Waals surface area contributed by atoms with Gasteiger partial charge in [0.1, 0.15) is 11.4 Å². The Kier molecular flexibility index (Phi) is 2.89. The third-order valence-corrected chi connectivity index (χ3v) is 2.39. The summed E-state index contributed by atoms with van der Waals surface area (Å²) < 4.78 is 27.9. The zero-order chi connectivity index (χ0) is 12.6. The highest BCUT2D eigenvalue weighted by molar-refractivity contribution is 6.30. The standard InChI is InChI=1S/C10H6ClF2N3O/c1-5(17)8-4-16(15-14-8)10-7(12)3-2-6(11)9(10)13/h2-4H,1H3. The molecule has 2 rings (SSSR count). The van der Waals surface area contributed by atoms with E-state index in [0.29, 0.717) is 0 Å². The highest BCUT2D eigenvalue weighted by Gasteiger charge is 2.17. The number of carbonyl (C=O) groups excluding carboxylic acids is 1. The van der Waals surface area contributed by atoms with E-state index in [0.717, 1.165) is 23.0 Å². The molecule has 0 aliphatic carbocycles. The maximum Gasteiger partial charge on any atom is 0.181 e. The Morgan fingerprint density at radius 3 is 2.71 bits per heavy atom. The smallest absolute Gasteiger partial charge is 0.181 e. The predicted molar refractivity (Wildman–Crippen MR) is 56.3 cm³/mol. The van der Waals surface area contributed by atoms with Crippen LogP contribution in [0.15, 0.2) is 18.3 Å². The summed E-state index contributed by atoms with van der Waals surface area (Å²) in [6.45, 7) is 1.28. The van der Waals surface area contributed by atoms with Crippen molar-refractivity contribution >= 4 is 17.4 Å². The van der Waals surface area contributed by atoms with Gasteiger partial charge < -0.3 is 0 Å². The summed E-state index contributed by atoms with van der Waals surface area (Å²) in [5.41, 5.74) is -0.443. The van der Waals surface area contributed by atoms with Crippen molar-refractivity contribution in [1.29, 1.82) is 0 Å². The Hall–Kier alpha value is -1.82. The van der Waals surface area contributed by atoms with Crippen molar-refractivity contribution in [1.82, 2.24) is 15.0 Å². The van der Waals surface area contributed by atoms with Gasteiger partial charge in [0.2, 0.25) is 0 Å². The lowest BCUT2D eigenvalue weighted by Gasteiger charge is -2.04. The molecule has 4 nitrogen and oxygen atoms in total. The van der Waals surface area contributed by atoms with E-state index in [2.05, 4.69) is 10.3 Å². The molecule has 0 spiro atoms. The molecule has 0 unspecified atom stereocenters. The van der Waals surface area contributed by atoms with Gasteiger partial charge in [0.05, 0.1) is 11.2 Å². The number of carbonyl (C=O) groups is 1. The number of Topliss-reactive ketones (excluding diaryl/α,β-unsaturated/α-hetero) is 1. The lowest BCUT2D eigenvalue weighted by molar-refractivity contribution is 0.101. The first-order chi connectivity index (χ1) is 8.00. The first-order valence-corrected chi connectivity index (χ1v) is 4.95. The molecule has 88 valence electrons. The molecule has 17 heavy (non-hydrogen) atoms. The van der Waals surface area contributed by atoms with E-state index in [9.17, 15) is 13.6 Å². The van der Waals surface area contributed by atoms with E-state index in [1.165, 1.54) is 6.92 Å². The second kappa shape index (κ2) is 4.21. The van der Waals surface area contributed by atoms with Crippen LogP contribution in [0.2, 0.25) is 5.02 Å². The number of halogens is 3. The Labute approximate surface area is 99.8 Å². The van der Waals surface area contributed by atoms with Gasteiger partial charge in [0, 0.05) is 6.92 Å². The van der Waals surface area contributed by atoms with Crippen molar-refractivity contribution in [2.45, 2.75) is 6.92 Å². The lowest BCUT2D eigenvalue weighted by Crippen LogP contribution is -2.03. The first-order valence-electron chi connectivity index (χ1n) is 4.58. The summed E-state index contributed by atoms with van der Waals surface area (Å²) in [7, 11) is 0. The molecule has 0 saturated carbocycles. The predicted octanol–water partition coefficient (Wildman–Crippen LogP) is 2.40. The van der Waals surface area contributed by atoms with Crippen molar-refractivity contribution in [3.63, 3.8) is 0 Å². The van der Waals surface area contributed by atoms with Gasteiger partial charge in [-0.15, -0.1) is 5.10 Å². The zero-order valence-electron chi connectivity index (χ0n) is 8.62. The van der Waals surface area contributed by atoms with Crippen molar-refractivity contribution in [3.8, 4) is 5.69 Å². The molecule has 0 N–H and O–H groups in total. The molecular weight excluding hydrogens is 252 g/mol. The summed E-state index contributed by atoms with van der Waals surface area (Å²) in [6.07, 6.45) is 1.14. The summed E-state index contributed by atoms with van der Waals surface area (Å²) in [5.74, 6) is -2.14. The third-order valence-electron chi connectivity index (χ3n) is 2.10. The quantitative estimate of drug-likeness (QED) is 0.613. The molecular formula is C10H6ClF2N3O. The van der Waals surface area contributed by atoms with Crippen LogP contribution in [-0.2, 0) is 0 Å². The van der Waals surface area contributed by atoms with Crippen LogP contribution < -0.4 is 0 Å². The topological polar surface area (TPSA) is 47.8 Å². The number of hydrogen-bond donors (Lipinski definition) is 0. The SMILES string of the molecule is CC(=O)c1cn(-c2c(F)ccc(Cl)c2F)nn1. The Balaban J connectivity index is 2.60. The molecule has 1 heterocycles. The molecule has 0 aliphatic heterocycles. The Morgan fingerprint density at radius 2 is 2.12 bits per heavy atom. The summed E-state index contributed by atoms with van der Waals surface area (Å²) >= 11 is 5.53. The maximum absolute atomic E-state index is 13.6. The minimum atomic E-state index is -0.952. The number of ketones is 1. The van der Waals surface area contributed by atoms with Crippen LogP contribution in [0.3, 0.4) is 0 Å². The number of aromatic nitrogens is 3. The van der Waals surface area contributed by atoms with E-state index in [-0.39, 0.29) is 16.5 Å². The van der Waals surface area contributed by atoms with Crippen molar-refractivity contribution < 1.29 is 13.6 Å². The normalized spacial score (nSPS) is 10.6. The minimum absolute atomic E-state index is 0.0174. The zero-order valence-corrected chi connectivity index (χ0v) is 9.37. The molecule has 7 heteroatoms. The van der Waals surface area contributed by atoms with Crippen LogP contribution in [0, 0.1) is 11.6 Å². The van der Waals surface area contributed by atoms with E-state index in [1.54, 1.807) is 0 Å². The largest absolute Gasteiger partial charge is 0.293 e. The molecule has 1 aromatic heterocycles. The first kappa shape index (κ1) is 11.7. The van der Waals surface area contributed by atoms with Crippen molar-refractivity contribution in [3.05, 3.63) is 40.7 Å². The fourth-order valence-electron chi connectivity index (χ4n) is 1.26. The van der Waals surface area contributed by atoms with Crippen molar-refractivity contribution in [2.24, 2.45) is 0 Å². The van der Waals surface area contributed by atoms with Crippen molar-refractivity contribution in [2.75, 3.05) is 0 Å². The monoisotopic (exact) mass is 257 g/mol.